The molecule has 0 bridgehead atoms. The molecular weight excluding hydrogens is 358 g/mol. The number of aromatic amines is 1. The van der Waals surface area contributed by atoms with Gasteiger partial charge in [0.05, 0.1) is 12.4 Å². The molecule has 1 amide bonds. The second kappa shape index (κ2) is 7.46. The lowest BCUT2D eigenvalue weighted by Gasteiger charge is -2.44. The van der Waals surface area contributed by atoms with Crippen LogP contribution in [0.3, 0.4) is 0 Å². The van der Waals surface area contributed by atoms with Gasteiger partial charge in [-0.2, -0.15) is 10.4 Å². The van der Waals surface area contributed by atoms with E-state index in [1.54, 1.807) is 0 Å². The summed E-state index contributed by atoms with van der Waals surface area (Å²) in [5.41, 5.74) is 1.27. The van der Waals surface area contributed by atoms with Crippen LogP contribution in [0.5, 0.6) is 0 Å². The van der Waals surface area contributed by atoms with Crippen molar-refractivity contribution >= 4 is 17.7 Å². The minimum atomic E-state index is -0.191. The van der Waals surface area contributed by atoms with Crippen molar-refractivity contribution in [2.24, 2.45) is 0 Å². The molecule has 4 atom stereocenters. The number of anilines is 2. The minimum Gasteiger partial charge on any atom is -0.446 e. The fourth-order valence-electron chi connectivity index (χ4n) is 4.10. The van der Waals surface area contributed by atoms with E-state index >= 15 is 0 Å². The first-order valence-corrected chi connectivity index (χ1v) is 9.57. The van der Waals surface area contributed by atoms with Crippen LogP contribution < -0.4 is 5.32 Å². The molecule has 1 saturated heterocycles. The van der Waals surface area contributed by atoms with Gasteiger partial charge in [-0.05, 0) is 39.5 Å². The lowest BCUT2D eigenvalue weighted by Crippen LogP contribution is -2.56. The Labute approximate surface area is 163 Å². The topological polar surface area (TPSA) is 120 Å². The van der Waals surface area contributed by atoms with E-state index < -0.39 is 0 Å². The molecule has 0 radical (unpaired) electrons. The van der Waals surface area contributed by atoms with E-state index in [-0.39, 0.29) is 35.9 Å². The Hall–Kier alpha value is -3.15. The molecule has 1 aliphatic heterocycles. The second-order valence-electron chi connectivity index (χ2n) is 7.59. The van der Waals surface area contributed by atoms with E-state index in [0.717, 1.165) is 31.4 Å². The SMILES string of the molecule is C[C@@H]1C[C@@H](C)N1C(=O)O[C@@H]1CC[C@H](c2cc(Nc3cnc(C#N)cn3)n[nH]2)C1. The zero-order valence-electron chi connectivity index (χ0n) is 15.9. The number of likely N-dealkylation sites (tertiary alicyclic amines) is 1. The summed E-state index contributed by atoms with van der Waals surface area (Å²) < 4.78 is 5.72. The number of carbonyl (C=O) groups excluding carboxylic acids is 1. The Kier molecular flexibility index (Phi) is 4.86. The largest absolute Gasteiger partial charge is 0.446 e. The molecule has 4 rings (SSSR count). The summed E-state index contributed by atoms with van der Waals surface area (Å²) in [7, 11) is 0. The van der Waals surface area contributed by atoms with Crippen LogP contribution in [0.1, 0.15) is 56.8 Å². The Morgan fingerprint density at radius 1 is 1.25 bits per heavy atom. The zero-order valence-corrected chi connectivity index (χ0v) is 15.9. The van der Waals surface area contributed by atoms with E-state index in [2.05, 4.69) is 39.3 Å². The summed E-state index contributed by atoms with van der Waals surface area (Å²) in [5.74, 6) is 1.44. The Bertz CT molecular complexity index is 880. The number of H-pyrrole nitrogens is 1. The molecule has 0 unspecified atom stereocenters. The molecule has 2 aromatic rings. The van der Waals surface area contributed by atoms with Gasteiger partial charge in [-0.3, -0.25) is 5.10 Å². The molecule has 1 aliphatic carbocycles. The highest BCUT2D eigenvalue weighted by molar-refractivity contribution is 5.69. The lowest BCUT2D eigenvalue weighted by molar-refractivity contribution is 0.000894. The van der Waals surface area contributed by atoms with Crippen molar-refractivity contribution < 1.29 is 9.53 Å². The van der Waals surface area contributed by atoms with Crippen molar-refractivity contribution in [2.75, 3.05) is 5.32 Å². The minimum absolute atomic E-state index is 0.0541. The first kappa shape index (κ1) is 18.2. The molecule has 28 heavy (non-hydrogen) atoms. The number of aromatic nitrogens is 4. The number of nitriles is 1. The van der Waals surface area contributed by atoms with Crippen LogP contribution in [0.2, 0.25) is 0 Å². The molecular formula is C19H23N7O2. The average molecular weight is 381 g/mol. The van der Waals surface area contributed by atoms with E-state index in [9.17, 15) is 4.79 Å². The number of hydrogen-bond acceptors (Lipinski definition) is 7. The fraction of sp³-hybridized carbons (Fsp3) is 0.526. The smallest absolute Gasteiger partial charge is 0.410 e. The van der Waals surface area contributed by atoms with Crippen molar-refractivity contribution in [3.63, 3.8) is 0 Å². The maximum atomic E-state index is 12.3. The standard InChI is InChI=1S/C19H23N7O2/c1-11-5-12(2)26(11)19(27)28-15-4-3-13(6-15)16-7-17(25-24-16)23-18-10-21-14(8-20)9-22-18/h7,9-13,15H,3-6H2,1-2H3,(H2,22,23,24,25)/t11-,12-,13+,15-/m1/s1. The van der Waals surface area contributed by atoms with Gasteiger partial charge in [0.15, 0.2) is 11.5 Å². The molecule has 9 heteroatoms. The van der Waals surface area contributed by atoms with Crippen LogP contribution in [0.25, 0.3) is 0 Å². The third-order valence-electron chi connectivity index (χ3n) is 5.55. The van der Waals surface area contributed by atoms with Crippen LogP contribution in [0.4, 0.5) is 16.4 Å². The Morgan fingerprint density at radius 2 is 2.07 bits per heavy atom. The van der Waals surface area contributed by atoms with Crippen LogP contribution >= 0.6 is 0 Å². The maximum absolute atomic E-state index is 12.3. The predicted octanol–water partition coefficient (Wildman–Crippen LogP) is 3.07. The van der Waals surface area contributed by atoms with E-state index in [4.69, 9.17) is 10.00 Å². The first-order valence-electron chi connectivity index (χ1n) is 9.57. The van der Waals surface area contributed by atoms with Gasteiger partial charge in [0.25, 0.3) is 0 Å². The second-order valence-corrected chi connectivity index (χ2v) is 7.59. The van der Waals surface area contributed by atoms with Gasteiger partial charge in [0.1, 0.15) is 18.0 Å². The van der Waals surface area contributed by atoms with Crippen LogP contribution in [-0.4, -0.2) is 49.3 Å². The Morgan fingerprint density at radius 3 is 2.75 bits per heavy atom. The number of amides is 1. The normalized spacial score (nSPS) is 26.4. The van der Waals surface area contributed by atoms with Gasteiger partial charge in [-0.15, -0.1) is 0 Å². The van der Waals surface area contributed by atoms with Crippen molar-refractivity contribution in [3.05, 3.63) is 29.8 Å². The molecule has 2 aromatic heterocycles. The van der Waals surface area contributed by atoms with Gasteiger partial charge >= 0.3 is 6.09 Å². The van der Waals surface area contributed by atoms with Crippen LogP contribution in [-0.2, 0) is 4.74 Å². The van der Waals surface area contributed by atoms with Gasteiger partial charge < -0.3 is 15.0 Å². The summed E-state index contributed by atoms with van der Waals surface area (Å²) in [6, 6.07) is 4.41. The van der Waals surface area contributed by atoms with Crippen molar-refractivity contribution in [1.29, 1.82) is 5.26 Å². The number of hydrogen-bond donors (Lipinski definition) is 2. The molecule has 9 nitrogen and oxygen atoms in total. The molecule has 2 aliphatic rings. The van der Waals surface area contributed by atoms with Crippen LogP contribution in [0.15, 0.2) is 18.5 Å². The summed E-state index contributed by atoms with van der Waals surface area (Å²) in [6.45, 7) is 4.10. The van der Waals surface area contributed by atoms with Crippen LogP contribution in [0, 0.1) is 11.3 Å². The molecule has 0 spiro atoms. The van der Waals surface area contributed by atoms with E-state index in [1.807, 2.05) is 17.0 Å². The average Bonchev–Trinajstić information content (AvgIpc) is 3.31. The molecule has 146 valence electrons. The van der Waals surface area contributed by atoms with Gasteiger partial charge in [0.2, 0.25) is 0 Å². The molecule has 2 fully saturated rings. The number of ether oxygens (including phenoxy) is 1. The summed E-state index contributed by atoms with van der Waals surface area (Å²) in [6.07, 6.45) is 6.29. The van der Waals surface area contributed by atoms with Crippen molar-refractivity contribution in [2.45, 2.75) is 63.6 Å². The number of carbonyl (C=O) groups is 1. The molecule has 3 heterocycles. The maximum Gasteiger partial charge on any atom is 0.410 e. The third-order valence-corrected chi connectivity index (χ3v) is 5.55. The summed E-state index contributed by atoms with van der Waals surface area (Å²) in [4.78, 5) is 22.3. The predicted molar refractivity (Wildman–Crippen MR) is 101 cm³/mol. The highest BCUT2D eigenvalue weighted by Gasteiger charge is 2.39. The van der Waals surface area contributed by atoms with E-state index in [0.29, 0.717) is 11.6 Å². The molecule has 1 saturated carbocycles. The highest BCUT2D eigenvalue weighted by atomic mass is 16.6. The monoisotopic (exact) mass is 381 g/mol. The molecule has 0 aromatic carbocycles. The lowest BCUT2D eigenvalue weighted by atomic mass is 9.97. The van der Waals surface area contributed by atoms with E-state index in [1.165, 1.54) is 12.4 Å². The third kappa shape index (κ3) is 3.63. The van der Waals surface area contributed by atoms with Gasteiger partial charge in [0, 0.05) is 29.8 Å². The number of nitrogens with one attached hydrogen (secondary N) is 2. The highest BCUT2D eigenvalue weighted by Crippen LogP contribution is 2.37. The number of nitrogens with zero attached hydrogens (tertiary/aromatic N) is 5. The van der Waals surface area contributed by atoms with Gasteiger partial charge in [-0.1, -0.05) is 0 Å². The van der Waals surface area contributed by atoms with Crippen molar-refractivity contribution in [3.8, 4) is 6.07 Å². The first-order chi connectivity index (χ1) is 13.5. The van der Waals surface area contributed by atoms with Crippen molar-refractivity contribution in [1.82, 2.24) is 25.1 Å². The Balaban J connectivity index is 1.32. The molecule has 2 N–H and O–H groups in total. The zero-order chi connectivity index (χ0) is 19.7. The van der Waals surface area contributed by atoms with Gasteiger partial charge in [-0.25, -0.2) is 14.8 Å². The fourth-order valence-corrected chi connectivity index (χ4v) is 4.10. The summed E-state index contributed by atoms with van der Waals surface area (Å²) in [5, 5.41) is 19.2. The quantitative estimate of drug-likeness (QED) is 0.835. The number of rotatable bonds is 4. The summed E-state index contributed by atoms with van der Waals surface area (Å²) >= 11 is 0.